The third-order valence-electron chi connectivity index (χ3n) is 15.0. The van der Waals surface area contributed by atoms with Gasteiger partial charge in [-0.1, -0.05) is 0 Å². The lowest BCUT2D eigenvalue weighted by atomic mass is 9.43. The Hall–Kier alpha value is -1.06. The second kappa shape index (κ2) is 7.41. The molecule has 0 heterocycles. The summed E-state index contributed by atoms with van der Waals surface area (Å²) < 4.78 is 0. The molecular weight excluding hydrogens is 468 g/mol. The van der Waals surface area contributed by atoms with Crippen molar-refractivity contribution in [1.82, 2.24) is 9.80 Å². The van der Waals surface area contributed by atoms with E-state index in [9.17, 15) is 9.59 Å². The van der Waals surface area contributed by atoms with Crippen LogP contribution in [-0.4, -0.2) is 46.8 Å². The van der Waals surface area contributed by atoms with Crippen LogP contribution in [-0.2, 0) is 9.59 Å². The zero-order valence-electron chi connectivity index (χ0n) is 24.1. The average molecular weight is 519 g/mol. The fourth-order valence-electron chi connectivity index (χ4n) is 14.9. The molecule has 4 nitrogen and oxygen atoms in total. The van der Waals surface area contributed by atoms with E-state index < -0.39 is 0 Å². The van der Waals surface area contributed by atoms with Gasteiger partial charge in [0.25, 0.3) is 0 Å². The van der Waals surface area contributed by atoms with Gasteiger partial charge in [0.1, 0.15) is 0 Å². The summed E-state index contributed by atoms with van der Waals surface area (Å²) in [6.07, 6.45) is 22.4. The van der Waals surface area contributed by atoms with Crippen LogP contribution in [0.3, 0.4) is 0 Å². The molecule has 0 spiro atoms. The van der Waals surface area contributed by atoms with E-state index in [0.717, 1.165) is 67.6 Å². The highest BCUT2D eigenvalue weighted by molar-refractivity contribution is 5.89. The predicted octanol–water partition coefficient (Wildman–Crippen LogP) is 6.43. The van der Waals surface area contributed by atoms with Gasteiger partial charge in [-0.05, 0) is 163 Å². The third-order valence-corrected chi connectivity index (χ3v) is 15.0. The van der Waals surface area contributed by atoms with Crippen LogP contribution in [0.2, 0.25) is 0 Å². The molecule has 38 heavy (non-hydrogen) atoms. The van der Waals surface area contributed by atoms with Crippen LogP contribution in [0.15, 0.2) is 0 Å². The molecule has 0 N–H and O–H groups in total. The number of hydrogen-bond acceptors (Lipinski definition) is 2. The van der Waals surface area contributed by atoms with Crippen molar-refractivity contribution in [3.63, 3.8) is 0 Å². The zero-order valence-corrected chi connectivity index (χ0v) is 24.1. The molecule has 0 aromatic rings. The van der Waals surface area contributed by atoms with Crippen molar-refractivity contribution in [3.05, 3.63) is 0 Å². The minimum absolute atomic E-state index is 0.127. The summed E-state index contributed by atoms with van der Waals surface area (Å²) in [6.45, 7) is 0. The molecule has 208 valence electrons. The van der Waals surface area contributed by atoms with Gasteiger partial charge < -0.3 is 9.80 Å². The van der Waals surface area contributed by atoms with Crippen LogP contribution in [0.1, 0.15) is 116 Å². The van der Waals surface area contributed by atoms with Gasteiger partial charge in [-0.25, -0.2) is 0 Å². The van der Waals surface area contributed by atoms with Gasteiger partial charge in [0.15, 0.2) is 0 Å². The Morgan fingerprint density at radius 3 is 1.00 bits per heavy atom. The molecular formula is C34H50N2O2. The first kappa shape index (κ1) is 23.6. The number of rotatable bonds is 4. The summed E-state index contributed by atoms with van der Waals surface area (Å²) in [4.78, 5) is 34.2. The highest BCUT2D eigenvalue weighted by atomic mass is 16.2. The van der Waals surface area contributed by atoms with Crippen molar-refractivity contribution in [1.29, 1.82) is 0 Å². The van der Waals surface area contributed by atoms with Crippen molar-refractivity contribution in [3.8, 4) is 0 Å². The summed E-state index contributed by atoms with van der Waals surface area (Å²) in [5.41, 5.74) is -0.273. The van der Waals surface area contributed by atoms with Crippen molar-refractivity contribution < 1.29 is 9.59 Å². The van der Waals surface area contributed by atoms with E-state index in [1.165, 1.54) is 83.5 Å². The van der Waals surface area contributed by atoms with Gasteiger partial charge in [-0.3, -0.25) is 9.59 Å². The Morgan fingerprint density at radius 2 is 0.711 bits per heavy atom. The number of carbonyl (C=O) groups excluding carboxylic acids is 2. The summed E-state index contributed by atoms with van der Waals surface area (Å²) in [6, 6.07) is 0. The van der Waals surface area contributed by atoms with E-state index in [4.69, 9.17) is 0 Å². The van der Waals surface area contributed by atoms with E-state index in [1.807, 2.05) is 0 Å². The number of nitrogens with zero attached hydrogens (tertiary/aromatic N) is 2. The molecule has 2 amide bonds. The van der Waals surface area contributed by atoms with Gasteiger partial charge in [-0.15, -0.1) is 0 Å². The Balaban J connectivity index is 1.02. The fraction of sp³-hybridized carbons (Fsp3) is 0.941. The van der Waals surface area contributed by atoms with Crippen molar-refractivity contribution in [2.24, 2.45) is 58.2 Å². The molecule has 4 heteroatoms. The van der Waals surface area contributed by atoms with E-state index >= 15 is 0 Å². The Kier molecular flexibility index (Phi) is 4.61. The topological polar surface area (TPSA) is 40.6 Å². The number of amides is 2. The third kappa shape index (κ3) is 3.05. The van der Waals surface area contributed by atoms with Crippen molar-refractivity contribution in [2.45, 2.75) is 127 Å². The molecule has 0 radical (unpaired) electrons. The predicted molar refractivity (Wildman–Crippen MR) is 147 cm³/mol. The van der Waals surface area contributed by atoms with E-state index in [2.05, 4.69) is 23.9 Å². The van der Waals surface area contributed by atoms with Gasteiger partial charge in [0.05, 0.1) is 10.8 Å². The minimum atomic E-state index is -0.264. The van der Waals surface area contributed by atoms with Gasteiger partial charge in [-0.2, -0.15) is 0 Å². The van der Waals surface area contributed by atoms with E-state index in [1.54, 1.807) is 0 Å². The monoisotopic (exact) mass is 518 g/mol. The van der Waals surface area contributed by atoms with Crippen molar-refractivity contribution in [2.75, 3.05) is 14.1 Å². The molecule has 0 atom stereocenters. The fourth-order valence-corrected chi connectivity index (χ4v) is 14.9. The quantitative estimate of drug-likeness (QED) is 0.430. The van der Waals surface area contributed by atoms with Crippen LogP contribution in [0.25, 0.3) is 0 Å². The first-order valence-corrected chi connectivity index (χ1v) is 16.7. The summed E-state index contributed by atoms with van der Waals surface area (Å²) in [5, 5.41) is 0. The molecule has 12 rings (SSSR count). The second-order valence-corrected chi connectivity index (χ2v) is 17.5. The number of hydrogen-bond donors (Lipinski definition) is 0. The molecule has 0 aromatic heterocycles. The van der Waals surface area contributed by atoms with Gasteiger partial charge in [0, 0.05) is 25.2 Å². The average Bonchev–Trinajstić information content (AvgIpc) is 2.84. The van der Waals surface area contributed by atoms with E-state index in [-0.39, 0.29) is 21.9 Å². The molecule has 0 saturated heterocycles. The largest absolute Gasteiger partial charge is 0.340 e. The summed E-state index contributed by atoms with van der Waals surface area (Å²) in [7, 11) is 4.40. The lowest BCUT2D eigenvalue weighted by Crippen LogP contribution is -2.68. The van der Waals surface area contributed by atoms with Crippen LogP contribution < -0.4 is 0 Å². The first-order chi connectivity index (χ1) is 18.2. The molecule has 12 fully saturated rings. The highest BCUT2D eigenvalue weighted by Gasteiger charge is 2.67. The summed E-state index contributed by atoms with van der Waals surface area (Å²) >= 11 is 0. The zero-order chi connectivity index (χ0) is 25.7. The molecule has 12 bridgehead atoms. The Morgan fingerprint density at radius 1 is 0.447 bits per heavy atom. The SMILES string of the molecule is CN(C(=O)C12CC3CC(C1)CC(C(=O)N(C)C14CC5CC(CC(C5)C1)C4)(C3)C2)C12CC3CC(CC(C3)C1)C2. The molecule has 12 aliphatic rings. The van der Waals surface area contributed by atoms with Gasteiger partial charge in [0.2, 0.25) is 11.8 Å². The molecule has 0 unspecified atom stereocenters. The van der Waals surface area contributed by atoms with Crippen molar-refractivity contribution >= 4 is 11.8 Å². The highest BCUT2D eigenvalue weighted by Crippen LogP contribution is 2.68. The lowest BCUT2D eigenvalue weighted by molar-refractivity contribution is -0.192. The normalized spacial score (nSPS) is 56.5. The maximum absolute atomic E-state index is 14.8. The van der Waals surface area contributed by atoms with Crippen LogP contribution in [0, 0.1) is 58.2 Å². The Labute approximate surface area is 230 Å². The molecule has 0 aliphatic heterocycles. The van der Waals surface area contributed by atoms with Gasteiger partial charge >= 0.3 is 0 Å². The maximum Gasteiger partial charge on any atom is 0.229 e. The van der Waals surface area contributed by atoms with Crippen LogP contribution in [0.4, 0.5) is 0 Å². The maximum atomic E-state index is 14.8. The van der Waals surface area contributed by atoms with Crippen LogP contribution >= 0.6 is 0 Å². The second-order valence-electron chi connectivity index (χ2n) is 17.5. The van der Waals surface area contributed by atoms with Crippen LogP contribution in [0.5, 0.6) is 0 Å². The molecule has 0 aromatic carbocycles. The molecule has 12 saturated carbocycles. The van der Waals surface area contributed by atoms with E-state index in [0.29, 0.717) is 23.7 Å². The summed E-state index contributed by atoms with van der Waals surface area (Å²) in [5.74, 6) is 7.22. The minimum Gasteiger partial charge on any atom is -0.340 e. The number of carbonyl (C=O) groups is 2. The lowest BCUT2D eigenvalue weighted by Gasteiger charge is -2.65. The smallest absolute Gasteiger partial charge is 0.229 e. The first-order valence-electron chi connectivity index (χ1n) is 16.7. The molecule has 12 aliphatic carbocycles. The standard InChI is InChI=1S/C34H50N2O2/c1-35(33-14-21-3-22(15-33)5-23(4-21)16-33)29(37)31-10-27-9-28(11-31)13-32(12-27,20-31)30(38)36(2)34-17-24-6-25(18-34)8-26(7-24)19-34/h21-28H,3-20H2,1-2H3. The Bertz CT molecular complexity index is 912.